The molecule has 4 amide bonds. The maximum absolute atomic E-state index is 11.3. The van der Waals surface area contributed by atoms with Gasteiger partial charge in [-0.3, -0.25) is 19.2 Å². The number of carboxylic acid groups (broad SMARTS) is 4. The van der Waals surface area contributed by atoms with Gasteiger partial charge in [-0.1, -0.05) is 0 Å². The zero-order valence-electron chi connectivity index (χ0n) is 37.7. The molecule has 68 heavy (non-hydrogen) atoms. The molecule has 4 aromatic heterocycles. The summed E-state index contributed by atoms with van der Waals surface area (Å²) in [5.41, 5.74) is 24.9. The Bertz CT molecular complexity index is 2070. The number of aliphatic carboxylic acids is 4. The molecule has 30 heteroatoms. The van der Waals surface area contributed by atoms with Crippen LogP contribution in [-0.4, -0.2) is 136 Å². The molecule has 0 saturated carbocycles. The van der Waals surface area contributed by atoms with Crippen LogP contribution in [0, 0.1) is 13.8 Å². The topological polar surface area (TPSA) is 474 Å². The first-order valence-electron chi connectivity index (χ1n) is 19.7. The van der Waals surface area contributed by atoms with E-state index in [1.54, 1.807) is 49.7 Å². The van der Waals surface area contributed by atoms with Crippen molar-refractivity contribution in [3.8, 4) is 0 Å². The Morgan fingerprint density at radius 2 is 0.868 bits per heavy atom. The van der Waals surface area contributed by atoms with Crippen LogP contribution in [0.1, 0.15) is 48.0 Å². The van der Waals surface area contributed by atoms with E-state index in [9.17, 15) is 58.8 Å². The maximum Gasteiger partial charge on any atom is 2.00 e. The van der Waals surface area contributed by atoms with Crippen LogP contribution in [0.3, 0.4) is 0 Å². The van der Waals surface area contributed by atoms with E-state index in [0.717, 1.165) is 11.4 Å². The van der Waals surface area contributed by atoms with Crippen LogP contribution >= 0.6 is 0 Å². The van der Waals surface area contributed by atoms with Crippen LogP contribution in [-0.2, 0) is 112 Å². The summed E-state index contributed by atoms with van der Waals surface area (Å²) >= 11 is 0. The molecular formula is C38H56Cu2N16O12. The SMILES string of the molecule is C[C@H](N)C(=O)N[C@@H](Cc1cncn1C)C(=O)[O-].C[C@H](N)C(=O)N[C@@H](Cc1cncn1C)C(=O)[O-].Cc1[nH]cnc1C[C@H](NC(=O)CN)C(=O)[O-].Cc1[nH]cnc1C[C@H](NC(=O)CN)C(=O)[O-].[Cu+2].[Cu+2]. The molecule has 4 aromatic rings. The molecule has 0 saturated heterocycles. The number of aromatic nitrogens is 8. The minimum atomic E-state index is -1.36. The third-order valence-corrected chi connectivity index (χ3v) is 8.96. The number of aryl methyl sites for hydroxylation is 4. The van der Waals surface area contributed by atoms with E-state index in [0.29, 0.717) is 22.8 Å². The van der Waals surface area contributed by atoms with E-state index in [2.05, 4.69) is 51.2 Å². The summed E-state index contributed by atoms with van der Waals surface area (Å²) in [6.07, 6.45) is 9.46. The second-order valence-corrected chi connectivity index (χ2v) is 14.4. The quantitative estimate of drug-likeness (QED) is 0.0367. The molecule has 0 aliphatic heterocycles. The third kappa shape index (κ3) is 23.3. The van der Waals surface area contributed by atoms with Gasteiger partial charge in [0.25, 0.3) is 0 Å². The second kappa shape index (κ2) is 32.2. The summed E-state index contributed by atoms with van der Waals surface area (Å²) in [5.74, 6) is -7.54. The summed E-state index contributed by atoms with van der Waals surface area (Å²) in [6.45, 7) is 5.96. The van der Waals surface area contributed by atoms with E-state index < -0.39 is 83.8 Å². The molecule has 0 fully saturated rings. The first-order valence-corrected chi connectivity index (χ1v) is 19.7. The summed E-state index contributed by atoms with van der Waals surface area (Å²) in [7, 11) is 3.48. The van der Waals surface area contributed by atoms with Gasteiger partial charge in [0.1, 0.15) is 0 Å². The van der Waals surface area contributed by atoms with Crippen molar-refractivity contribution < 1.29 is 92.9 Å². The normalized spacial score (nSPS) is 12.7. The maximum atomic E-state index is 11.3. The molecule has 0 spiro atoms. The first-order chi connectivity index (χ1) is 30.9. The van der Waals surface area contributed by atoms with Crippen LogP contribution in [0.25, 0.3) is 0 Å². The van der Waals surface area contributed by atoms with Gasteiger partial charge >= 0.3 is 34.1 Å². The minimum Gasteiger partial charge on any atom is -0.548 e. The fourth-order valence-corrected chi connectivity index (χ4v) is 5.04. The monoisotopic (exact) mass is 1050 g/mol. The molecule has 6 atom stereocenters. The van der Waals surface area contributed by atoms with Crippen molar-refractivity contribution in [3.63, 3.8) is 0 Å². The fourth-order valence-electron chi connectivity index (χ4n) is 5.04. The molecule has 28 nitrogen and oxygen atoms in total. The van der Waals surface area contributed by atoms with E-state index >= 15 is 0 Å². The van der Waals surface area contributed by atoms with Crippen LogP contribution < -0.4 is 64.6 Å². The number of hydrogen-bond acceptors (Lipinski definition) is 20. The van der Waals surface area contributed by atoms with Crippen molar-refractivity contribution in [3.05, 3.63) is 71.9 Å². The minimum absolute atomic E-state index is 0. The van der Waals surface area contributed by atoms with Gasteiger partial charge in [-0.05, 0) is 27.7 Å². The molecule has 2 radical (unpaired) electrons. The number of H-pyrrole nitrogens is 2. The van der Waals surface area contributed by atoms with Crippen LogP contribution in [0.5, 0.6) is 0 Å². The number of rotatable bonds is 20. The average Bonchev–Trinajstić information content (AvgIpc) is 4.07. The Morgan fingerprint density at radius 3 is 1.07 bits per heavy atom. The first kappa shape index (κ1) is 63.6. The largest absolute Gasteiger partial charge is 2.00 e. The molecule has 382 valence electrons. The van der Waals surface area contributed by atoms with Gasteiger partial charge in [-0.25, -0.2) is 19.9 Å². The van der Waals surface area contributed by atoms with Crippen LogP contribution in [0.2, 0.25) is 0 Å². The Hall–Kier alpha value is -6.52. The van der Waals surface area contributed by atoms with Gasteiger partial charge in [-0.15, -0.1) is 0 Å². The number of imidazole rings is 4. The molecular weight excluding hydrogens is 1000 g/mol. The number of hydrogen-bond donors (Lipinski definition) is 10. The van der Waals surface area contributed by atoms with Crippen molar-refractivity contribution >= 4 is 47.5 Å². The van der Waals surface area contributed by atoms with E-state index in [4.69, 9.17) is 22.9 Å². The number of amides is 4. The Morgan fingerprint density at radius 1 is 0.574 bits per heavy atom. The molecule has 14 N–H and O–H groups in total. The number of nitrogens with one attached hydrogen (secondary N) is 6. The zero-order chi connectivity index (χ0) is 50.3. The van der Waals surface area contributed by atoms with Gasteiger partial charge in [-0.2, -0.15) is 0 Å². The molecule has 0 aliphatic rings. The number of carbonyl (C=O) groups is 8. The Labute approximate surface area is 410 Å². The number of carboxylic acids is 4. The number of nitrogens with zero attached hydrogens (tertiary/aromatic N) is 6. The smallest absolute Gasteiger partial charge is 0.548 e. The number of nitrogens with two attached hydrogens (primary N) is 4. The predicted molar refractivity (Wildman–Crippen MR) is 221 cm³/mol. The molecule has 4 rings (SSSR count). The molecule has 4 heterocycles. The average molecular weight is 1060 g/mol. The Balaban J connectivity index is 0. The van der Waals surface area contributed by atoms with E-state index in [1.807, 2.05) is 0 Å². The summed E-state index contributed by atoms with van der Waals surface area (Å²) < 4.78 is 3.35. The van der Waals surface area contributed by atoms with Crippen LogP contribution in [0.4, 0.5) is 0 Å². The van der Waals surface area contributed by atoms with Gasteiger partial charge in [0.15, 0.2) is 0 Å². The molecule has 0 unspecified atom stereocenters. The van der Waals surface area contributed by atoms with Gasteiger partial charge < -0.3 is 103 Å². The third-order valence-electron chi connectivity index (χ3n) is 8.96. The molecule has 0 aromatic carbocycles. The zero-order valence-corrected chi connectivity index (χ0v) is 39.5. The van der Waals surface area contributed by atoms with Crippen molar-refractivity contribution in [2.24, 2.45) is 37.0 Å². The van der Waals surface area contributed by atoms with Gasteiger partial charge in [0.2, 0.25) is 23.6 Å². The number of aromatic amines is 2. The van der Waals surface area contributed by atoms with Crippen LogP contribution in [0.15, 0.2) is 37.7 Å². The van der Waals surface area contributed by atoms with Crippen molar-refractivity contribution in [1.29, 1.82) is 0 Å². The van der Waals surface area contributed by atoms with E-state index in [1.165, 1.54) is 38.9 Å². The van der Waals surface area contributed by atoms with Crippen molar-refractivity contribution in [2.75, 3.05) is 13.1 Å². The molecule has 0 aliphatic carbocycles. The predicted octanol–water partition coefficient (Wildman–Crippen LogP) is -10.0. The number of carbonyl (C=O) groups excluding carboxylic acids is 8. The molecule has 0 bridgehead atoms. The van der Waals surface area contributed by atoms with Gasteiger partial charge in [0.05, 0.1) is 110 Å². The van der Waals surface area contributed by atoms with Crippen molar-refractivity contribution in [1.82, 2.24) is 60.3 Å². The fraction of sp³-hybridized carbons (Fsp3) is 0.474. The summed E-state index contributed by atoms with van der Waals surface area (Å²) in [6, 6.07) is -5.96. The standard InChI is InChI=1S/2C10H16N4O3.2C9H14N4O3.2Cu/c2*1-6(11)9(15)13-8(10(16)17)3-7-4-12-5-14(7)2;2*1-5-6(12-4-11-5)2-7(9(15)16)13-8(14)3-10;;/h2*4-6,8H,3,11H2,1-2H3,(H,13,15)(H,16,17);2*4,7H,2-3,10H2,1H3,(H,11,12)(H,13,14)(H,15,16);;/q;;;;2*+2/p-4/t2*6-,8-;2*7-;;/m0000../s1. The summed E-state index contributed by atoms with van der Waals surface area (Å²) in [5, 5.41) is 52.5. The van der Waals surface area contributed by atoms with Crippen molar-refractivity contribution in [2.45, 2.75) is 89.6 Å². The Kier molecular flexibility index (Phi) is 30.1. The van der Waals surface area contributed by atoms with Gasteiger partial charge in [0, 0.05) is 74.9 Å². The van der Waals surface area contributed by atoms with E-state index in [-0.39, 0.29) is 72.9 Å². The second-order valence-electron chi connectivity index (χ2n) is 14.4. The summed E-state index contributed by atoms with van der Waals surface area (Å²) in [4.78, 5) is 109.